The first kappa shape index (κ1) is 22.6. The van der Waals surface area contributed by atoms with E-state index in [4.69, 9.17) is 9.47 Å². The molecule has 0 amide bonds. The third-order valence-corrected chi connectivity index (χ3v) is 6.21. The first-order valence-corrected chi connectivity index (χ1v) is 12.5. The fourth-order valence-electron chi connectivity index (χ4n) is 3.85. The normalized spacial score (nSPS) is 12.6. The first-order valence-electron chi connectivity index (χ1n) is 10.5. The number of hydrogen-bond donors (Lipinski definition) is 1. The third kappa shape index (κ3) is 4.78. The lowest BCUT2D eigenvalue weighted by Gasteiger charge is -2.19. The standard InChI is InChI=1S/C24H25N3O5S/c1-4-32-23-22(31-2)13-11-18(25-23)21(15-33(3,29)30)27-20-12-10-17(14-19(20)26-24(27)28)16-8-6-5-7-9-16/h5-14,21H,4,15H2,1-3H3,(H,26,28). The van der Waals surface area contributed by atoms with Gasteiger partial charge in [-0.3, -0.25) is 4.57 Å². The smallest absolute Gasteiger partial charge is 0.327 e. The van der Waals surface area contributed by atoms with Crippen molar-refractivity contribution in [2.45, 2.75) is 13.0 Å². The van der Waals surface area contributed by atoms with Crippen molar-refractivity contribution < 1.29 is 17.9 Å². The van der Waals surface area contributed by atoms with Gasteiger partial charge in [-0.25, -0.2) is 18.2 Å². The molecule has 0 saturated carbocycles. The molecule has 0 spiro atoms. The zero-order valence-corrected chi connectivity index (χ0v) is 19.4. The summed E-state index contributed by atoms with van der Waals surface area (Å²) < 4.78 is 36.9. The van der Waals surface area contributed by atoms with E-state index in [1.165, 1.54) is 11.7 Å². The monoisotopic (exact) mass is 467 g/mol. The van der Waals surface area contributed by atoms with E-state index < -0.39 is 21.6 Å². The van der Waals surface area contributed by atoms with Crippen LogP contribution in [0.4, 0.5) is 0 Å². The first-order chi connectivity index (χ1) is 15.8. The molecule has 0 saturated heterocycles. The maximum atomic E-state index is 13.0. The summed E-state index contributed by atoms with van der Waals surface area (Å²) in [5.74, 6) is 0.373. The number of benzene rings is 2. The van der Waals surface area contributed by atoms with Crippen LogP contribution in [0.2, 0.25) is 0 Å². The molecule has 0 aliphatic heterocycles. The number of nitrogens with one attached hydrogen (secondary N) is 1. The second kappa shape index (κ2) is 9.11. The van der Waals surface area contributed by atoms with E-state index in [1.807, 2.05) is 55.5 Å². The lowest BCUT2D eigenvalue weighted by molar-refractivity contribution is 0.296. The van der Waals surface area contributed by atoms with Crippen LogP contribution in [-0.2, 0) is 9.84 Å². The third-order valence-electron chi connectivity index (χ3n) is 5.29. The Balaban J connectivity index is 1.88. The molecule has 1 N–H and O–H groups in total. The van der Waals surface area contributed by atoms with Gasteiger partial charge < -0.3 is 14.5 Å². The molecule has 2 aromatic heterocycles. The van der Waals surface area contributed by atoms with Gasteiger partial charge in [0.1, 0.15) is 9.84 Å². The molecule has 0 radical (unpaired) electrons. The Morgan fingerprint density at radius 1 is 1.06 bits per heavy atom. The van der Waals surface area contributed by atoms with Gasteiger partial charge in [0.15, 0.2) is 5.75 Å². The zero-order chi connectivity index (χ0) is 23.6. The molecule has 0 aliphatic carbocycles. The zero-order valence-electron chi connectivity index (χ0n) is 18.6. The average molecular weight is 468 g/mol. The lowest BCUT2D eigenvalue weighted by atomic mass is 10.1. The van der Waals surface area contributed by atoms with E-state index in [2.05, 4.69) is 9.97 Å². The topological polar surface area (TPSA) is 103 Å². The Morgan fingerprint density at radius 3 is 2.48 bits per heavy atom. The van der Waals surface area contributed by atoms with Crippen molar-refractivity contribution in [1.29, 1.82) is 0 Å². The number of sulfone groups is 1. The van der Waals surface area contributed by atoms with Crippen LogP contribution in [-0.4, -0.2) is 48.7 Å². The van der Waals surface area contributed by atoms with Gasteiger partial charge >= 0.3 is 5.69 Å². The van der Waals surface area contributed by atoms with Crippen molar-refractivity contribution in [1.82, 2.24) is 14.5 Å². The molecule has 1 atom stereocenters. The van der Waals surface area contributed by atoms with Gasteiger partial charge in [-0.15, -0.1) is 0 Å². The van der Waals surface area contributed by atoms with Crippen LogP contribution < -0.4 is 15.2 Å². The summed E-state index contributed by atoms with van der Waals surface area (Å²) in [6.45, 7) is 2.18. The minimum atomic E-state index is -3.46. The van der Waals surface area contributed by atoms with Gasteiger partial charge in [0.05, 0.1) is 42.2 Å². The number of nitrogens with zero attached hydrogens (tertiary/aromatic N) is 2. The van der Waals surface area contributed by atoms with Crippen LogP contribution in [0, 0.1) is 0 Å². The molecule has 0 aliphatic rings. The molecule has 1 unspecified atom stereocenters. The lowest BCUT2D eigenvalue weighted by Crippen LogP contribution is -2.29. The Labute approximate surface area is 191 Å². The maximum Gasteiger partial charge on any atom is 0.327 e. The van der Waals surface area contributed by atoms with Crippen LogP contribution in [0.15, 0.2) is 65.5 Å². The fraction of sp³-hybridized carbons (Fsp3) is 0.250. The second-order valence-electron chi connectivity index (χ2n) is 7.68. The van der Waals surface area contributed by atoms with Crippen molar-refractivity contribution in [3.05, 3.63) is 76.8 Å². The molecule has 2 aromatic carbocycles. The minimum absolute atomic E-state index is 0.246. The van der Waals surface area contributed by atoms with Crippen LogP contribution >= 0.6 is 0 Å². The molecular formula is C24H25N3O5S. The van der Waals surface area contributed by atoms with Crippen LogP contribution in [0.1, 0.15) is 18.7 Å². The molecule has 4 aromatic rings. The van der Waals surface area contributed by atoms with E-state index in [9.17, 15) is 13.2 Å². The number of fused-ring (bicyclic) bond motifs is 1. The fourth-order valence-corrected chi connectivity index (χ4v) is 4.75. The SMILES string of the molecule is CCOc1nc(C(CS(C)(=O)=O)n2c(=O)[nH]c3cc(-c4ccccc4)ccc32)ccc1OC. The summed E-state index contributed by atoms with van der Waals surface area (Å²) in [5.41, 5.74) is 3.12. The quantitative estimate of drug-likeness (QED) is 0.426. The number of H-pyrrole nitrogens is 1. The van der Waals surface area contributed by atoms with Gasteiger partial charge in [-0.2, -0.15) is 0 Å². The highest BCUT2D eigenvalue weighted by molar-refractivity contribution is 7.90. The number of aromatic amines is 1. The number of hydrogen-bond acceptors (Lipinski definition) is 6. The summed E-state index contributed by atoms with van der Waals surface area (Å²) in [5, 5.41) is 0. The highest BCUT2D eigenvalue weighted by Gasteiger charge is 2.26. The van der Waals surface area contributed by atoms with Crippen LogP contribution in [0.25, 0.3) is 22.2 Å². The summed E-state index contributed by atoms with van der Waals surface area (Å²) in [6.07, 6.45) is 1.14. The van der Waals surface area contributed by atoms with E-state index in [0.29, 0.717) is 29.1 Å². The summed E-state index contributed by atoms with van der Waals surface area (Å²) in [4.78, 5) is 20.4. The van der Waals surface area contributed by atoms with Crippen molar-refractivity contribution in [3.8, 4) is 22.8 Å². The number of rotatable bonds is 8. The molecule has 8 nitrogen and oxygen atoms in total. The van der Waals surface area contributed by atoms with E-state index >= 15 is 0 Å². The van der Waals surface area contributed by atoms with Gasteiger partial charge in [0, 0.05) is 6.26 Å². The molecule has 172 valence electrons. The minimum Gasteiger partial charge on any atom is -0.491 e. The highest BCUT2D eigenvalue weighted by Crippen LogP contribution is 2.30. The number of ether oxygens (including phenoxy) is 2. The van der Waals surface area contributed by atoms with Crippen LogP contribution in [0.5, 0.6) is 11.6 Å². The number of imidazole rings is 1. The summed E-state index contributed by atoms with van der Waals surface area (Å²) in [7, 11) is -1.96. The van der Waals surface area contributed by atoms with Gasteiger partial charge in [0.25, 0.3) is 5.88 Å². The van der Waals surface area contributed by atoms with Gasteiger partial charge in [0.2, 0.25) is 0 Å². The highest BCUT2D eigenvalue weighted by atomic mass is 32.2. The molecule has 33 heavy (non-hydrogen) atoms. The average Bonchev–Trinajstić information content (AvgIpc) is 3.12. The van der Waals surface area contributed by atoms with Crippen molar-refractivity contribution in [2.24, 2.45) is 0 Å². The molecular weight excluding hydrogens is 442 g/mol. The molecule has 2 heterocycles. The van der Waals surface area contributed by atoms with E-state index in [0.717, 1.165) is 17.4 Å². The Morgan fingerprint density at radius 2 is 1.82 bits per heavy atom. The van der Waals surface area contributed by atoms with Gasteiger partial charge in [-0.1, -0.05) is 36.4 Å². The van der Waals surface area contributed by atoms with E-state index in [1.54, 1.807) is 12.1 Å². The Kier molecular flexibility index (Phi) is 6.24. The van der Waals surface area contributed by atoms with Crippen molar-refractivity contribution >= 4 is 20.9 Å². The summed E-state index contributed by atoms with van der Waals surface area (Å²) in [6, 6.07) is 17.9. The Hall–Kier alpha value is -3.59. The predicted octanol–water partition coefficient (Wildman–Crippen LogP) is 3.43. The predicted molar refractivity (Wildman–Crippen MR) is 128 cm³/mol. The largest absolute Gasteiger partial charge is 0.491 e. The molecule has 0 fully saturated rings. The summed E-state index contributed by atoms with van der Waals surface area (Å²) >= 11 is 0. The van der Waals surface area contributed by atoms with E-state index in [-0.39, 0.29) is 11.6 Å². The molecule has 0 bridgehead atoms. The molecule has 4 rings (SSSR count). The second-order valence-corrected chi connectivity index (χ2v) is 9.87. The molecule has 9 heteroatoms. The maximum absolute atomic E-state index is 13.0. The number of aromatic nitrogens is 3. The van der Waals surface area contributed by atoms with Crippen molar-refractivity contribution in [2.75, 3.05) is 25.7 Å². The van der Waals surface area contributed by atoms with Crippen molar-refractivity contribution in [3.63, 3.8) is 0 Å². The Bertz CT molecular complexity index is 1440. The number of pyridine rings is 1. The van der Waals surface area contributed by atoms with Gasteiger partial charge in [-0.05, 0) is 42.3 Å². The van der Waals surface area contributed by atoms with Crippen LogP contribution in [0.3, 0.4) is 0 Å². The number of methoxy groups -OCH3 is 1.